The van der Waals surface area contributed by atoms with E-state index in [9.17, 15) is 35.7 Å². The summed E-state index contributed by atoms with van der Waals surface area (Å²) >= 11 is 0. The van der Waals surface area contributed by atoms with Crippen LogP contribution in [0.3, 0.4) is 0 Å². The Morgan fingerprint density at radius 1 is 1.00 bits per heavy atom. The van der Waals surface area contributed by atoms with Gasteiger partial charge in [-0.25, -0.2) is 0 Å². The number of alkyl halides is 6. The van der Waals surface area contributed by atoms with Gasteiger partial charge in [0, 0.05) is 0 Å². The molecule has 23 heavy (non-hydrogen) atoms. The number of carbonyl (C=O) groups excluding carboxylic acids is 1. The molecule has 12 heteroatoms. The number of hydrogen-bond donors (Lipinski definition) is 0. The van der Waals surface area contributed by atoms with Crippen LogP contribution in [0.1, 0.15) is 26.2 Å². The Kier molecular flexibility index (Phi) is 9.15. The Balaban J connectivity index is 4.58. The third kappa shape index (κ3) is 13.3. The van der Waals surface area contributed by atoms with Crippen molar-refractivity contribution in [2.75, 3.05) is 26.0 Å². The Bertz CT molecular complexity index is 387. The smallest absolute Gasteiger partial charge is 0.412 e. The van der Waals surface area contributed by atoms with E-state index in [1.807, 2.05) is 6.92 Å². The van der Waals surface area contributed by atoms with Crippen LogP contribution in [-0.2, 0) is 23.1 Å². The van der Waals surface area contributed by atoms with Crippen LogP contribution in [0.2, 0.25) is 0 Å². The summed E-state index contributed by atoms with van der Waals surface area (Å²) in [5.74, 6) is -0.912. The van der Waals surface area contributed by atoms with E-state index in [1.54, 1.807) is 0 Å². The highest BCUT2D eigenvalue weighted by atomic mass is 31.2. The summed E-state index contributed by atoms with van der Waals surface area (Å²) in [4.78, 5) is 11.3. The molecule has 0 fully saturated rings. The van der Waals surface area contributed by atoms with Crippen molar-refractivity contribution in [3.05, 3.63) is 0 Å². The van der Waals surface area contributed by atoms with Gasteiger partial charge in [0.2, 0.25) is 0 Å². The zero-order chi connectivity index (χ0) is 18.1. The lowest BCUT2D eigenvalue weighted by atomic mass is 10.4. The van der Waals surface area contributed by atoms with Gasteiger partial charge in [-0.15, -0.1) is 0 Å². The summed E-state index contributed by atoms with van der Waals surface area (Å²) in [7, 11) is -4.75. The zero-order valence-corrected chi connectivity index (χ0v) is 13.1. The molecule has 0 aromatic heterocycles. The van der Waals surface area contributed by atoms with E-state index in [1.165, 1.54) is 0 Å². The Hall–Kier alpha value is -0.800. The summed E-state index contributed by atoms with van der Waals surface area (Å²) in [6.07, 6.45) is -10.2. The molecule has 0 spiro atoms. The lowest BCUT2D eigenvalue weighted by Crippen LogP contribution is -2.21. The average Bonchev–Trinajstić information content (AvgIpc) is 2.40. The topological polar surface area (TPSA) is 61.8 Å². The van der Waals surface area contributed by atoms with Crippen molar-refractivity contribution >= 4 is 13.6 Å². The molecule has 0 aliphatic heterocycles. The van der Waals surface area contributed by atoms with Gasteiger partial charge in [0.1, 0.15) is 0 Å². The van der Waals surface area contributed by atoms with Crippen molar-refractivity contribution in [1.82, 2.24) is 0 Å². The Labute approximate surface area is 128 Å². The van der Waals surface area contributed by atoms with Crippen LogP contribution in [0, 0.1) is 0 Å². The Morgan fingerprint density at radius 2 is 1.48 bits per heavy atom. The molecule has 0 aliphatic rings. The first-order chi connectivity index (χ1) is 10.4. The van der Waals surface area contributed by atoms with Crippen LogP contribution < -0.4 is 0 Å². The summed E-state index contributed by atoms with van der Waals surface area (Å²) < 4.78 is 96.8. The first-order valence-corrected chi connectivity index (χ1v) is 8.27. The predicted octanol–water partition coefficient (Wildman–Crippen LogP) is 4.07. The van der Waals surface area contributed by atoms with Crippen molar-refractivity contribution in [1.29, 1.82) is 0 Å². The van der Waals surface area contributed by atoms with E-state index in [0.29, 0.717) is 6.42 Å². The standard InChI is InChI=1S/C11H17F6O5P/c1-2-3-5-20-9(18)4-6-23(19,21-7-10(12,13)14)22-8-11(15,16)17/h2-8H2,1H3. The second-order valence-electron chi connectivity index (χ2n) is 4.44. The van der Waals surface area contributed by atoms with E-state index < -0.39 is 51.7 Å². The average molecular weight is 374 g/mol. The minimum Gasteiger partial charge on any atom is -0.466 e. The normalized spacial score (nSPS) is 13.2. The number of rotatable bonds is 10. The SMILES string of the molecule is CCCCOC(=O)CCP(=O)(OCC(F)(F)F)OCC(F)(F)F. The van der Waals surface area contributed by atoms with Crippen molar-refractivity contribution in [3.63, 3.8) is 0 Å². The first kappa shape index (κ1) is 22.2. The van der Waals surface area contributed by atoms with Gasteiger partial charge in [0.25, 0.3) is 0 Å². The second kappa shape index (κ2) is 9.48. The molecule has 0 N–H and O–H groups in total. The maximum Gasteiger partial charge on any atom is 0.412 e. The first-order valence-electron chi connectivity index (χ1n) is 6.54. The summed E-state index contributed by atoms with van der Waals surface area (Å²) in [6, 6.07) is 0. The van der Waals surface area contributed by atoms with Gasteiger partial charge >= 0.3 is 25.9 Å². The lowest BCUT2D eigenvalue weighted by Gasteiger charge is -2.20. The van der Waals surface area contributed by atoms with E-state index in [2.05, 4.69) is 13.8 Å². The van der Waals surface area contributed by atoms with Crippen LogP contribution in [0.4, 0.5) is 26.3 Å². The molecule has 0 saturated heterocycles. The monoisotopic (exact) mass is 374 g/mol. The fourth-order valence-corrected chi connectivity index (χ4v) is 2.62. The van der Waals surface area contributed by atoms with Gasteiger partial charge in [-0.05, 0) is 6.42 Å². The molecule has 0 bridgehead atoms. The maximum atomic E-state index is 12.0. The molecular formula is C11H17F6O5P. The highest BCUT2D eigenvalue weighted by Crippen LogP contribution is 2.50. The Morgan fingerprint density at radius 3 is 1.87 bits per heavy atom. The van der Waals surface area contributed by atoms with Crippen LogP contribution in [0.25, 0.3) is 0 Å². The molecule has 138 valence electrons. The number of ether oxygens (including phenoxy) is 1. The zero-order valence-electron chi connectivity index (χ0n) is 12.2. The molecule has 0 heterocycles. The van der Waals surface area contributed by atoms with Crippen molar-refractivity contribution in [3.8, 4) is 0 Å². The largest absolute Gasteiger partial charge is 0.466 e. The summed E-state index contributed by atoms with van der Waals surface area (Å²) in [6.45, 7) is -2.23. The molecule has 0 aromatic carbocycles. The van der Waals surface area contributed by atoms with Crippen molar-refractivity contribution in [2.24, 2.45) is 0 Å². The number of halogens is 6. The van der Waals surface area contributed by atoms with Crippen LogP contribution in [0.15, 0.2) is 0 Å². The molecule has 0 aromatic rings. The molecule has 0 aliphatic carbocycles. The second-order valence-corrected chi connectivity index (χ2v) is 6.62. The number of hydrogen-bond acceptors (Lipinski definition) is 5. The van der Waals surface area contributed by atoms with Gasteiger partial charge in [-0.1, -0.05) is 13.3 Å². The van der Waals surface area contributed by atoms with Gasteiger partial charge < -0.3 is 4.74 Å². The van der Waals surface area contributed by atoms with E-state index in [4.69, 9.17) is 0 Å². The fraction of sp³-hybridized carbons (Fsp3) is 0.909. The molecule has 0 amide bonds. The summed E-state index contributed by atoms with van der Waals surface area (Å²) in [5, 5.41) is 0. The molecular weight excluding hydrogens is 357 g/mol. The minimum atomic E-state index is -4.90. The highest BCUT2D eigenvalue weighted by Gasteiger charge is 2.38. The predicted molar refractivity (Wildman–Crippen MR) is 67.0 cm³/mol. The van der Waals surface area contributed by atoms with Gasteiger partial charge in [-0.2, -0.15) is 26.3 Å². The third-order valence-electron chi connectivity index (χ3n) is 2.20. The maximum absolute atomic E-state index is 12.0. The summed E-state index contributed by atoms with van der Waals surface area (Å²) in [5.41, 5.74) is 0. The van der Waals surface area contributed by atoms with Crippen LogP contribution in [-0.4, -0.2) is 44.3 Å². The third-order valence-corrected chi connectivity index (χ3v) is 4.02. The van der Waals surface area contributed by atoms with Crippen LogP contribution >= 0.6 is 7.60 Å². The highest BCUT2D eigenvalue weighted by molar-refractivity contribution is 7.53. The quantitative estimate of drug-likeness (QED) is 0.250. The van der Waals surface area contributed by atoms with Gasteiger partial charge in [0.15, 0.2) is 13.2 Å². The minimum absolute atomic E-state index is 0.0481. The molecule has 5 nitrogen and oxygen atoms in total. The number of carbonyl (C=O) groups is 1. The van der Waals surface area contributed by atoms with E-state index >= 15 is 0 Å². The lowest BCUT2D eigenvalue weighted by molar-refractivity contribution is -0.165. The fourth-order valence-electron chi connectivity index (χ4n) is 1.14. The van der Waals surface area contributed by atoms with E-state index in [-0.39, 0.29) is 6.61 Å². The van der Waals surface area contributed by atoms with Crippen molar-refractivity contribution < 1.29 is 49.5 Å². The molecule has 0 radical (unpaired) electrons. The number of unbranched alkanes of at least 4 members (excludes halogenated alkanes) is 1. The van der Waals surface area contributed by atoms with Crippen LogP contribution in [0.5, 0.6) is 0 Å². The molecule has 0 saturated carbocycles. The molecule has 0 rings (SSSR count). The van der Waals surface area contributed by atoms with Crippen molar-refractivity contribution in [2.45, 2.75) is 38.5 Å². The van der Waals surface area contributed by atoms with Gasteiger partial charge in [-0.3, -0.25) is 18.4 Å². The van der Waals surface area contributed by atoms with Gasteiger partial charge in [0.05, 0.1) is 19.2 Å². The molecule has 0 unspecified atom stereocenters. The van der Waals surface area contributed by atoms with E-state index in [0.717, 1.165) is 6.42 Å². The number of esters is 1. The molecule has 0 atom stereocenters.